The van der Waals surface area contributed by atoms with Crippen molar-refractivity contribution >= 4 is 11.9 Å². The predicted molar refractivity (Wildman–Crippen MR) is 149 cm³/mol. The summed E-state index contributed by atoms with van der Waals surface area (Å²) in [5, 5.41) is 84.7. The van der Waals surface area contributed by atoms with Crippen molar-refractivity contribution in [2.24, 2.45) is 34.0 Å². The summed E-state index contributed by atoms with van der Waals surface area (Å²) >= 11 is 0. The molecule has 4 bridgehead atoms. The Morgan fingerprint density at radius 1 is 1.00 bits per heavy atom. The number of furan rings is 1. The van der Waals surface area contributed by atoms with Crippen LogP contribution in [-0.2, 0) is 28.5 Å². The Kier molecular flexibility index (Phi) is 5.46. The number of aliphatic hydroxyl groups is 6. The Hall–Kier alpha value is -2.56. The van der Waals surface area contributed by atoms with E-state index in [1.165, 1.54) is 32.4 Å². The van der Waals surface area contributed by atoms with E-state index in [0.29, 0.717) is 0 Å². The molecule has 4 heterocycles. The molecule has 8 rings (SSSR count). The van der Waals surface area contributed by atoms with E-state index in [1.807, 2.05) is 0 Å². The number of carbonyl (C=O) groups is 2. The minimum absolute atomic E-state index is 0.145. The van der Waals surface area contributed by atoms with Crippen molar-refractivity contribution in [3.63, 3.8) is 0 Å². The number of carbonyl (C=O) groups excluding carboxylic acids is 1. The minimum atomic E-state index is -2.56. The van der Waals surface area contributed by atoms with Crippen LogP contribution in [0.2, 0.25) is 0 Å². The van der Waals surface area contributed by atoms with Crippen molar-refractivity contribution in [1.29, 1.82) is 0 Å². The van der Waals surface area contributed by atoms with Crippen LogP contribution in [0.1, 0.15) is 66.1 Å². The van der Waals surface area contributed by atoms with Crippen molar-refractivity contribution < 1.29 is 68.7 Å². The SMILES string of the molecule is CC(C)/C(O)=C1/C(=O)O[C@@H](c2ccoc2)[C@]2(C)C(O)[C@@H](O)[C@@]34OC5(C)OC67CC(C)(C(O)[C@]6(O)[C@@H](O)[C@]3(O5)C12)[C@H](CC(=O)O)[C@]74C. The number of carboxylic acids is 1. The van der Waals surface area contributed by atoms with Gasteiger partial charge < -0.3 is 59.1 Å². The molecule has 1 aromatic heterocycles. The molecule has 0 amide bonds. The molecule has 14 nitrogen and oxygen atoms in total. The first-order valence-corrected chi connectivity index (χ1v) is 15.7. The zero-order valence-electron chi connectivity index (χ0n) is 26.3. The third-order valence-corrected chi connectivity index (χ3v) is 13.6. The fourth-order valence-corrected chi connectivity index (χ4v) is 12.2. The van der Waals surface area contributed by atoms with Crippen LogP contribution in [0.5, 0.6) is 0 Å². The topological polar surface area (TPSA) is 226 Å². The number of allylic oxidation sites excluding steroid dienone is 1. The van der Waals surface area contributed by atoms with Crippen LogP contribution in [0.3, 0.4) is 0 Å². The second-order valence-electron chi connectivity index (χ2n) is 15.7. The molecule has 46 heavy (non-hydrogen) atoms. The van der Waals surface area contributed by atoms with Crippen molar-refractivity contribution in [3.8, 4) is 0 Å². The molecule has 6 unspecified atom stereocenters. The van der Waals surface area contributed by atoms with E-state index < -0.39 is 117 Å². The summed E-state index contributed by atoms with van der Waals surface area (Å²) < 4.78 is 31.2. The van der Waals surface area contributed by atoms with Gasteiger partial charge in [0.1, 0.15) is 46.5 Å². The predicted octanol–water partition coefficient (Wildman–Crippen LogP) is 0.658. The molecule has 3 aliphatic heterocycles. The van der Waals surface area contributed by atoms with E-state index in [-0.39, 0.29) is 17.6 Å². The molecule has 7 N–H and O–H groups in total. The van der Waals surface area contributed by atoms with Gasteiger partial charge in [-0.15, -0.1) is 0 Å². The molecule has 0 radical (unpaired) electrons. The maximum atomic E-state index is 14.2. The first-order chi connectivity index (χ1) is 21.2. The second-order valence-corrected chi connectivity index (χ2v) is 15.7. The molecule has 4 aliphatic carbocycles. The van der Waals surface area contributed by atoms with Crippen LogP contribution in [0.25, 0.3) is 0 Å². The van der Waals surface area contributed by atoms with Crippen molar-refractivity contribution in [2.45, 2.75) is 113 Å². The summed E-state index contributed by atoms with van der Waals surface area (Å²) in [6, 6.07) is 1.51. The van der Waals surface area contributed by atoms with Gasteiger partial charge in [0.05, 0.1) is 30.3 Å². The maximum Gasteiger partial charge on any atom is 0.338 e. The lowest BCUT2D eigenvalue weighted by molar-refractivity contribution is -0.491. The van der Waals surface area contributed by atoms with E-state index in [4.69, 9.17) is 23.4 Å². The first-order valence-electron chi connectivity index (χ1n) is 15.7. The highest BCUT2D eigenvalue weighted by molar-refractivity contribution is 5.92. The molecule has 2 spiro atoms. The van der Waals surface area contributed by atoms with Gasteiger partial charge in [0, 0.05) is 47.0 Å². The minimum Gasteiger partial charge on any atom is -0.511 e. The third kappa shape index (κ3) is 2.57. The summed E-state index contributed by atoms with van der Waals surface area (Å²) in [4.78, 5) is 26.6. The Labute approximate surface area is 263 Å². The molecular weight excluding hydrogens is 608 g/mol. The summed E-state index contributed by atoms with van der Waals surface area (Å²) in [5.41, 5.74) is -14.4. The van der Waals surface area contributed by atoms with Gasteiger partial charge in [0.2, 0.25) is 0 Å². The van der Waals surface area contributed by atoms with Crippen LogP contribution < -0.4 is 0 Å². The van der Waals surface area contributed by atoms with Gasteiger partial charge in [0.25, 0.3) is 5.97 Å². The molecule has 252 valence electrons. The van der Waals surface area contributed by atoms with E-state index in [2.05, 4.69) is 0 Å². The van der Waals surface area contributed by atoms with E-state index in [1.54, 1.807) is 27.7 Å². The quantitative estimate of drug-likeness (QED) is 0.135. The molecule has 3 saturated heterocycles. The van der Waals surface area contributed by atoms with Crippen LogP contribution in [-0.4, -0.2) is 100 Å². The lowest BCUT2D eigenvalue weighted by Crippen LogP contribution is -2.97. The van der Waals surface area contributed by atoms with Crippen molar-refractivity contribution in [1.82, 2.24) is 0 Å². The monoisotopic (exact) mass is 648 g/mol. The van der Waals surface area contributed by atoms with Gasteiger partial charge in [-0.05, 0) is 18.4 Å². The highest BCUT2D eigenvalue weighted by Gasteiger charge is 3.04. The van der Waals surface area contributed by atoms with Gasteiger partial charge in [-0.2, -0.15) is 0 Å². The molecule has 7 fully saturated rings. The van der Waals surface area contributed by atoms with Gasteiger partial charge >= 0.3 is 11.9 Å². The average molecular weight is 649 g/mol. The molecule has 7 aliphatic rings. The third-order valence-electron chi connectivity index (χ3n) is 13.6. The van der Waals surface area contributed by atoms with E-state index >= 15 is 0 Å². The summed E-state index contributed by atoms with van der Waals surface area (Å²) in [5.74, 6) is -8.23. The summed E-state index contributed by atoms with van der Waals surface area (Å²) in [7, 11) is 0. The molecule has 4 saturated carbocycles. The number of esters is 1. The lowest BCUT2D eigenvalue weighted by atomic mass is 9.32. The number of aliphatic hydroxyl groups excluding tert-OH is 5. The van der Waals surface area contributed by atoms with Crippen LogP contribution >= 0.6 is 0 Å². The molecular formula is C32H40O14. The fraction of sp³-hybridized carbons (Fsp3) is 0.750. The Balaban J connectivity index is 1.54. The molecule has 15 atom stereocenters. The molecule has 0 aromatic carbocycles. The number of rotatable bonds is 4. The molecule has 1 aromatic rings. The van der Waals surface area contributed by atoms with Gasteiger partial charge in [0.15, 0.2) is 0 Å². The normalized spacial score (nSPS) is 58.6. The van der Waals surface area contributed by atoms with E-state index in [0.717, 1.165) is 0 Å². The summed E-state index contributed by atoms with van der Waals surface area (Å²) in [6.07, 6.45) is -7.21. The number of ether oxygens (including phenoxy) is 4. The highest BCUT2D eigenvalue weighted by atomic mass is 16.9. The Morgan fingerprint density at radius 2 is 1.67 bits per heavy atom. The zero-order valence-corrected chi connectivity index (χ0v) is 26.3. The highest BCUT2D eigenvalue weighted by Crippen LogP contribution is 2.89. The zero-order chi connectivity index (χ0) is 33.6. The molecule has 14 heteroatoms. The average Bonchev–Trinajstić information content (AvgIpc) is 3.67. The van der Waals surface area contributed by atoms with Crippen LogP contribution in [0.4, 0.5) is 0 Å². The number of carboxylic acid groups (broad SMARTS) is 1. The fourth-order valence-electron chi connectivity index (χ4n) is 12.2. The van der Waals surface area contributed by atoms with Crippen LogP contribution in [0.15, 0.2) is 34.3 Å². The van der Waals surface area contributed by atoms with Gasteiger partial charge in [-0.3, -0.25) is 4.79 Å². The lowest BCUT2D eigenvalue weighted by Gasteiger charge is -2.78. The van der Waals surface area contributed by atoms with Crippen molar-refractivity contribution in [2.75, 3.05) is 0 Å². The largest absolute Gasteiger partial charge is 0.511 e. The number of hydrogen-bond donors (Lipinski definition) is 7. The Bertz CT molecular complexity index is 1610. The van der Waals surface area contributed by atoms with E-state index in [9.17, 15) is 45.3 Å². The van der Waals surface area contributed by atoms with Gasteiger partial charge in [-0.25, -0.2) is 4.79 Å². The summed E-state index contributed by atoms with van der Waals surface area (Å²) in [6.45, 7) is 9.27. The number of hydrogen-bond acceptors (Lipinski definition) is 13. The van der Waals surface area contributed by atoms with Crippen molar-refractivity contribution in [3.05, 3.63) is 35.5 Å². The second kappa shape index (κ2) is 8.17. The standard InChI is InChI=1S/C32H40O14/c1-12(2)17(35)16-18-26(4,21(43-22(16)38)13-7-8-42-10-13)19(36)20(37)32-27(5)14(9-15(33)34)25(3)11-29(27)30(41,23(25)39)24(40)31(18,32)45-28(6,44-29)46-32/h7-8,10,12,14,18-21,23-24,35-37,39-41H,9,11H2,1-6H3,(H,33,34)/b17-16-/t14-,18?,19?,20+,21-,23?,24+,25?,26-,27+,28?,29?,30-,31+,32-/m0/s1. The van der Waals surface area contributed by atoms with Gasteiger partial charge in [-0.1, -0.05) is 34.6 Å². The number of cyclic esters (lactones) is 1. The van der Waals surface area contributed by atoms with Crippen LogP contribution in [0, 0.1) is 34.0 Å². The number of aliphatic carboxylic acids is 1. The number of fused-ring (bicyclic) bond motifs is 3. The Morgan fingerprint density at radius 3 is 2.26 bits per heavy atom. The smallest absolute Gasteiger partial charge is 0.338 e. The first kappa shape index (κ1) is 30.8. The maximum absolute atomic E-state index is 14.2.